The van der Waals surface area contributed by atoms with E-state index >= 15 is 0 Å². The first-order valence-electron chi connectivity index (χ1n) is 5.54. The van der Waals surface area contributed by atoms with Gasteiger partial charge in [-0.2, -0.15) is 0 Å². The molecule has 16 heavy (non-hydrogen) atoms. The maximum atomic E-state index is 11.6. The zero-order valence-corrected chi connectivity index (χ0v) is 9.53. The van der Waals surface area contributed by atoms with Crippen molar-refractivity contribution >= 4 is 11.5 Å². The Morgan fingerprint density at radius 3 is 2.75 bits per heavy atom. The van der Waals surface area contributed by atoms with Crippen LogP contribution in [0.2, 0.25) is 0 Å². The number of rotatable bonds is 3. The summed E-state index contributed by atoms with van der Waals surface area (Å²) in [7, 11) is 0. The highest BCUT2D eigenvalue weighted by Gasteiger charge is 2.14. The number of nitrogens with one attached hydrogen (secondary N) is 1. The van der Waals surface area contributed by atoms with Crippen LogP contribution in [0.1, 0.15) is 38.3 Å². The minimum Gasteiger partial charge on any atom is -0.368 e. The molecule has 0 atom stereocenters. The normalized spacial score (nSPS) is 11.4. The number of anilines is 1. The third-order valence-corrected chi connectivity index (χ3v) is 2.97. The Bertz CT molecular complexity index is 551. The van der Waals surface area contributed by atoms with Crippen molar-refractivity contribution in [2.24, 2.45) is 0 Å². The van der Waals surface area contributed by atoms with Gasteiger partial charge in [-0.3, -0.25) is 9.78 Å². The molecule has 0 saturated heterocycles. The Morgan fingerprint density at radius 2 is 2.12 bits per heavy atom. The van der Waals surface area contributed by atoms with E-state index in [0.29, 0.717) is 11.4 Å². The van der Waals surface area contributed by atoms with Crippen molar-refractivity contribution in [3.63, 3.8) is 0 Å². The molecule has 5 heteroatoms. The first-order chi connectivity index (χ1) is 7.67. The van der Waals surface area contributed by atoms with Crippen LogP contribution in [0.3, 0.4) is 0 Å². The average molecular weight is 220 g/mol. The first-order valence-corrected chi connectivity index (χ1v) is 5.54. The smallest absolute Gasteiger partial charge is 0.276 e. The summed E-state index contributed by atoms with van der Waals surface area (Å²) in [4.78, 5) is 14.1. The van der Waals surface area contributed by atoms with Crippen molar-refractivity contribution in [1.82, 2.24) is 14.6 Å². The first kappa shape index (κ1) is 10.7. The van der Waals surface area contributed by atoms with Gasteiger partial charge in [0.15, 0.2) is 0 Å². The molecule has 0 aliphatic carbocycles. The van der Waals surface area contributed by atoms with Crippen LogP contribution in [0, 0.1) is 0 Å². The molecule has 0 spiro atoms. The van der Waals surface area contributed by atoms with Crippen molar-refractivity contribution in [3.8, 4) is 0 Å². The number of fused-ring (bicyclic) bond motifs is 1. The van der Waals surface area contributed by atoms with E-state index in [1.165, 1.54) is 0 Å². The number of hydrogen-bond acceptors (Lipinski definition) is 3. The molecule has 0 bridgehead atoms. The minimum atomic E-state index is -0.190. The van der Waals surface area contributed by atoms with Gasteiger partial charge in [0.1, 0.15) is 5.52 Å². The molecule has 0 aliphatic heterocycles. The molecule has 0 saturated carbocycles. The Kier molecular flexibility index (Phi) is 2.68. The molecule has 2 aromatic heterocycles. The van der Waals surface area contributed by atoms with Crippen LogP contribution in [0.5, 0.6) is 0 Å². The quantitative estimate of drug-likeness (QED) is 0.823. The second-order valence-corrected chi connectivity index (χ2v) is 3.91. The summed E-state index contributed by atoms with van der Waals surface area (Å²) in [6, 6.07) is 3.74. The highest BCUT2D eigenvalue weighted by Crippen LogP contribution is 2.23. The van der Waals surface area contributed by atoms with Gasteiger partial charge in [0.25, 0.3) is 5.56 Å². The Hall–Kier alpha value is -1.78. The zero-order valence-electron chi connectivity index (χ0n) is 9.53. The monoisotopic (exact) mass is 220 g/mol. The molecule has 0 amide bonds. The maximum Gasteiger partial charge on any atom is 0.276 e. The molecule has 5 nitrogen and oxygen atoms in total. The van der Waals surface area contributed by atoms with Crippen LogP contribution >= 0.6 is 0 Å². The largest absolute Gasteiger partial charge is 0.368 e. The molecule has 2 heterocycles. The number of nitrogens with two attached hydrogens (primary N) is 1. The number of hydrogen-bond donors (Lipinski definition) is 2. The second-order valence-electron chi connectivity index (χ2n) is 3.91. The third-order valence-electron chi connectivity index (χ3n) is 2.97. The van der Waals surface area contributed by atoms with Crippen LogP contribution in [0.4, 0.5) is 5.95 Å². The summed E-state index contributed by atoms with van der Waals surface area (Å²) in [6.45, 7) is 4.26. The highest BCUT2D eigenvalue weighted by atomic mass is 16.1. The number of aromatic amines is 1. The van der Waals surface area contributed by atoms with Crippen molar-refractivity contribution in [2.75, 3.05) is 5.73 Å². The third kappa shape index (κ3) is 1.58. The van der Waals surface area contributed by atoms with Gasteiger partial charge in [-0.25, -0.2) is 4.52 Å². The van der Waals surface area contributed by atoms with Crippen LogP contribution in [-0.4, -0.2) is 14.6 Å². The molecule has 0 unspecified atom stereocenters. The lowest BCUT2D eigenvalue weighted by Crippen LogP contribution is -2.16. The van der Waals surface area contributed by atoms with E-state index in [1.807, 2.05) is 6.07 Å². The van der Waals surface area contributed by atoms with E-state index in [9.17, 15) is 4.79 Å². The van der Waals surface area contributed by atoms with Gasteiger partial charge in [0, 0.05) is 11.6 Å². The van der Waals surface area contributed by atoms with Crippen LogP contribution in [0.15, 0.2) is 16.9 Å². The van der Waals surface area contributed by atoms with Gasteiger partial charge in [-0.15, -0.1) is 5.10 Å². The SMILES string of the molecule is CCC(CC)c1ccc2c(=O)[nH]c(N)nn12. The molecular formula is C11H16N4O. The number of H-pyrrole nitrogens is 1. The average Bonchev–Trinajstić information content (AvgIpc) is 2.64. The Labute approximate surface area is 93.3 Å². The fourth-order valence-corrected chi connectivity index (χ4v) is 2.06. The Morgan fingerprint density at radius 1 is 1.44 bits per heavy atom. The molecule has 0 aliphatic rings. The zero-order chi connectivity index (χ0) is 11.7. The predicted molar refractivity (Wildman–Crippen MR) is 63.5 cm³/mol. The summed E-state index contributed by atoms with van der Waals surface area (Å²) in [5.74, 6) is 0.567. The maximum absolute atomic E-state index is 11.6. The molecule has 0 radical (unpaired) electrons. The lowest BCUT2D eigenvalue weighted by Gasteiger charge is -2.11. The molecule has 0 fully saturated rings. The summed E-state index contributed by atoms with van der Waals surface area (Å²) >= 11 is 0. The van der Waals surface area contributed by atoms with E-state index in [4.69, 9.17) is 5.73 Å². The van der Waals surface area contributed by atoms with Crippen LogP contribution < -0.4 is 11.3 Å². The van der Waals surface area contributed by atoms with Crippen LogP contribution in [0.25, 0.3) is 5.52 Å². The van der Waals surface area contributed by atoms with Crippen molar-refractivity contribution in [1.29, 1.82) is 0 Å². The fourth-order valence-electron chi connectivity index (χ4n) is 2.06. The van der Waals surface area contributed by atoms with Crippen molar-refractivity contribution < 1.29 is 0 Å². The number of aromatic nitrogens is 3. The minimum absolute atomic E-state index is 0.154. The lowest BCUT2D eigenvalue weighted by atomic mass is 10.00. The fraction of sp³-hybridized carbons (Fsp3) is 0.455. The van der Waals surface area contributed by atoms with E-state index in [2.05, 4.69) is 23.9 Å². The topological polar surface area (TPSA) is 76.2 Å². The summed E-state index contributed by atoms with van der Waals surface area (Å²) in [6.07, 6.45) is 2.05. The van der Waals surface area contributed by atoms with Crippen molar-refractivity contribution in [3.05, 3.63) is 28.2 Å². The molecule has 2 rings (SSSR count). The molecule has 86 valence electrons. The standard InChI is InChI=1S/C11H16N4O/c1-3-7(4-2)8-5-6-9-10(16)13-11(12)14-15(8)9/h5-7H,3-4H2,1-2H3,(H3,12,13,14,16). The predicted octanol–water partition coefficient (Wildman–Crippen LogP) is 1.51. The van der Waals surface area contributed by atoms with E-state index in [-0.39, 0.29) is 11.5 Å². The van der Waals surface area contributed by atoms with Crippen LogP contribution in [-0.2, 0) is 0 Å². The second kappa shape index (κ2) is 4.00. The van der Waals surface area contributed by atoms with E-state index in [1.54, 1.807) is 10.6 Å². The number of nitrogens with zero attached hydrogens (tertiary/aromatic N) is 2. The van der Waals surface area contributed by atoms with Gasteiger partial charge in [-0.1, -0.05) is 13.8 Å². The van der Waals surface area contributed by atoms with Gasteiger partial charge >= 0.3 is 0 Å². The summed E-state index contributed by atoms with van der Waals surface area (Å²) in [5, 5.41) is 4.15. The summed E-state index contributed by atoms with van der Waals surface area (Å²) in [5.41, 5.74) is 6.96. The Balaban J connectivity index is 2.68. The lowest BCUT2D eigenvalue weighted by molar-refractivity contribution is 0.604. The van der Waals surface area contributed by atoms with Crippen molar-refractivity contribution in [2.45, 2.75) is 32.6 Å². The van der Waals surface area contributed by atoms with Gasteiger partial charge < -0.3 is 5.73 Å². The highest BCUT2D eigenvalue weighted by molar-refractivity contribution is 5.48. The van der Waals surface area contributed by atoms with Gasteiger partial charge in [0.05, 0.1) is 0 Å². The summed E-state index contributed by atoms with van der Waals surface area (Å²) < 4.78 is 1.66. The number of nitrogen functional groups attached to an aromatic ring is 1. The molecule has 0 aromatic carbocycles. The molecule has 3 N–H and O–H groups in total. The van der Waals surface area contributed by atoms with Gasteiger partial charge in [0.2, 0.25) is 5.95 Å². The molecular weight excluding hydrogens is 204 g/mol. The van der Waals surface area contributed by atoms with Gasteiger partial charge in [-0.05, 0) is 25.0 Å². The van der Waals surface area contributed by atoms with E-state index < -0.39 is 0 Å². The molecule has 2 aromatic rings. The van der Waals surface area contributed by atoms with E-state index in [0.717, 1.165) is 18.5 Å².